The molecule has 9 nitrogen and oxygen atoms in total. The van der Waals surface area contributed by atoms with E-state index in [1.807, 2.05) is 37.2 Å². The molecule has 6 spiro atoms. The average Bonchev–Trinajstić information content (AvgIpc) is 1.54. The van der Waals surface area contributed by atoms with Crippen LogP contribution in [0.2, 0.25) is 0 Å². The predicted molar refractivity (Wildman–Crippen MR) is 542 cm³/mol. The molecule has 25 radical (unpaired) electrons. The molecule has 3 saturated heterocycles. The molecule has 9 heterocycles. The quantitative estimate of drug-likeness (QED) is 0.0933. The van der Waals surface area contributed by atoms with Gasteiger partial charge in [-0.3, -0.25) is 19.7 Å². The van der Waals surface area contributed by atoms with Gasteiger partial charge >= 0.3 is 0 Å². The van der Waals surface area contributed by atoms with Crippen molar-refractivity contribution >= 4 is 219 Å². The van der Waals surface area contributed by atoms with Gasteiger partial charge in [-0.1, -0.05) is 134 Å². The molecule has 32 heteroatoms. The number of carbonyl (C=O) groups excluding carboxylic acids is 1. The molecule has 589 valence electrons. The fourth-order valence-corrected chi connectivity index (χ4v) is 26.9. The molecule has 3 saturated carbocycles. The van der Waals surface area contributed by atoms with E-state index in [9.17, 15) is 4.79 Å². The molecule has 6 bridgehead atoms. The van der Waals surface area contributed by atoms with Gasteiger partial charge in [-0.2, -0.15) is 0 Å². The van der Waals surface area contributed by atoms with E-state index >= 15 is 0 Å². The SMILES string of the molecule is C.C.C.CN(C)[C@@H]1CCC2=CC3=CC[C@]4(C)C(c5ccc6ccncc6c5)=CC[C@H]4[C@@]34CCC2(C1)O4.CN(C)[C@H]1CCC2=CC3=CC[C@]4(C)C(c5ccc6ccncc6c5)=CC[C@H]4[C@@]34CCC2(C1)O4.C[C@]12CC=C3C=C4CCC(=O)CC45CC[C@]3(O5)[C@@H]1CC=C2c1ccc2ccncc2c1.[B][B]B([B])B(B([B])[B])B(B(B([B])[B])B([B])[B])B(B([B])[B])B([B])[B]. The number of hydrogen-bond acceptors (Lipinski definition) is 9. The third-order valence-electron chi connectivity index (χ3n) is 33.1. The summed E-state index contributed by atoms with van der Waals surface area (Å²) in [4.78, 5) is 30.2. The maximum absolute atomic E-state index is 12.4. The van der Waals surface area contributed by atoms with Crippen LogP contribution in [0.4, 0.5) is 0 Å². The van der Waals surface area contributed by atoms with Crippen molar-refractivity contribution in [3.05, 3.63) is 215 Å². The van der Waals surface area contributed by atoms with Gasteiger partial charge in [0.25, 0.3) is 0 Å². The Morgan fingerprint density at radius 1 is 0.407 bits per heavy atom. The van der Waals surface area contributed by atoms with Crippen molar-refractivity contribution in [2.24, 2.45) is 34.0 Å². The summed E-state index contributed by atoms with van der Waals surface area (Å²) < 4.78 is 21.9. The molecule has 6 aromatic rings. The lowest BCUT2D eigenvalue weighted by Crippen LogP contribution is -2.83. The summed E-state index contributed by atoms with van der Waals surface area (Å²) in [5.74, 6) is 1.83. The molecule has 3 aromatic carbocycles. The van der Waals surface area contributed by atoms with Gasteiger partial charge in [-0.15, -0.1) is 0 Å². The van der Waals surface area contributed by atoms with E-state index in [-0.39, 0.29) is 72.1 Å². The van der Waals surface area contributed by atoms with Crippen LogP contribution in [0.5, 0.6) is 0 Å². The Hall–Kier alpha value is -5.49. The number of aromatic nitrogens is 3. The number of hydrogen-bond donors (Lipinski definition) is 0. The minimum absolute atomic E-state index is 0. The van der Waals surface area contributed by atoms with E-state index in [1.54, 1.807) is 11.1 Å². The summed E-state index contributed by atoms with van der Waals surface area (Å²) in [7, 11) is 80.3. The second-order valence-electron chi connectivity index (χ2n) is 39.7. The number of rotatable bonds is 15. The normalized spacial score (nSPS) is 32.3. The van der Waals surface area contributed by atoms with E-state index < -0.39 is 63.9 Å². The molecule has 0 amide bonds. The number of carbonyl (C=O) groups is 1. The van der Waals surface area contributed by atoms with E-state index in [2.05, 4.69) is 201 Å². The lowest BCUT2D eigenvalue weighted by atomic mass is 8.36. The van der Waals surface area contributed by atoms with Crippen molar-refractivity contribution in [3.63, 3.8) is 0 Å². The molecule has 6 fully saturated rings. The van der Waals surface area contributed by atoms with E-state index in [1.165, 1.54) is 146 Å². The number of Topliss-reactive ketones (excluding diaryl/α,β-unsaturated/α-hetero) is 1. The Balaban J connectivity index is 0.000000127. The Morgan fingerprint density at radius 2 is 0.740 bits per heavy atom. The first-order valence-electron chi connectivity index (χ1n) is 44.6. The van der Waals surface area contributed by atoms with Crippen LogP contribution in [0, 0.1) is 34.0 Å². The monoisotopic (exact) mass is 1590 g/mol. The lowest BCUT2D eigenvalue weighted by Gasteiger charge is -2.54. The highest BCUT2D eigenvalue weighted by atomic mass is 16.5. The summed E-state index contributed by atoms with van der Waals surface area (Å²) in [6.45, 7) is 7.44. The molecular formula is C91H107B23N5O4. The third kappa shape index (κ3) is 15.3. The lowest BCUT2D eigenvalue weighted by molar-refractivity contribution is -0.143. The first-order valence-corrected chi connectivity index (χ1v) is 44.6. The Bertz CT molecular complexity index is 5140. The first kappa shape index (κ1) is 92.2. The van der Waals surface area contributed by atoms with Gasteiger partial charge in [0.05, 0.1) is 33.6 Å². The van der Waals surface area contributed by atoms with E-state index in [0.717, 1.165) is 70.6 Å². The number of pyridine rings is 3. The first-order chi connectivity index (χ1) is 57.4. The van der Waals surface area contributed by atoms with Crippen molar-refractivity contribution in [2.75, 3.05) is 28.2 Å². The van der Waals surface area contributed by atoms with Gasteiger partial charge in [0, 0.05) is 276 Å². The third-order valence-corrected chi connectivity index (χ3v) is 33.1. The van der Waals surface area contributed by atoms with Gasteiger partial charge in [0.15, 0.2) is 0 Å². The van der Waals surface area contributed by atoms with Crippen molar-refractivity contribution < 1.29 is 19.0 Å². The van der Waals surface area contributed by atoms with Crippen molar-refractivity contribution in [3.8, 4) is 0 Å². The van der Waals surface area contributed by atoms with Gasteiger partial charge < -0.3 is 24.0 Å². The standard InChI is InChI=1S/2C30H34N2O.C28H27NO2.3CH4.B23/c2*1-28-12-10-24-17-23-6-7-25(32(2)3)18-29(23)13-14-30(24,33-29)27(28)9-8-26(28)21-5-4-20-11-15-31-19-22(20)16-21;1-26-10-8-22-15-21-4-5-23(30)16-27(21)11-12-28(22,31-27)25(26)7-6-24(26)19-3-2-18-9-13-29-17-20(18)14-19;;;;1-13-19(12)22(18(10)11)23(20(14(2)3)15(4)5)21(16(6)7)17(8)9/h2*4-5,8,10-11,15-17,19,25,27H,6-7,9,12-14,18H2,1-3H3;2-3,6,8-9,13-15,17,25H,4-5,7,10-12,16H2,1H3;3*1H4;/t25-,27+,28+,29?,30+;25-,27-,28-,29?,30-;25-,26-,27?,28-;;;;/m011..../s1. The van der Waals surface area contributed by atoms with Crippen LogP contribution >= 0.6 is 0 Å². The summed E-state index contributed by atoms with van der Waals surface area (Å²) in [5.41, 5.74) is 16.9. The molecule has 123 heavy (non-hydrogen) atoms. The van der Waals surface area contributed by atoms with E-state index in [0.29, 0.717) is 48.5 Å². The number of ether oxygens (including phenoxy) is 3. The van der Waals surface area contributed by atoms with Crippen LogP contribution in [0.25, 0.3) is 49.0 Å². The van der Waals surface area contributed by atoms with Crippen molar-refractivity contribution in [1.82, 2.24) is 24.8 Å². The van der Waals surface area contributed by atoms with Crippen LogP contribution in [-0.2, 0) is 19.0 Å². The van der Waals surface area contributed by atoms with Crippen LogP contribution < -0.4 is 0 Å². The maximum atomic E-state index is 12.4. The van der Waals surface area contributed by atoms with Crippen LogP contribution in [-0.4, -0.2) is 268 Å². The molecule has 9 aliphatic carbocycles. The molecule has 21 rings (SSSR count). The van der Waals surface area contributed by atoms with Crippen LogP contribution in [0.1, 0.15) is 195 Å². The minimum atomic E-state index is -0.925. The molecular weight excluding hydrogens is 1480 g/mol. The Morgan fingerprint density at radius 3 is 1.07 bits per heavy atom. The molecule has 6 aliphatic heterocycles. The van der Waals surface area contributed by atoms with Gasteiger partial charge in [0.2, 0.25) is 0 Å². The summed E-state index contributed by atoms with van der Waals surface area (Å²) in [6, 6.07) is 28.2. The predicted octanol–water partition coefficient (Wildman–Crippen LogP) is 11.7. The zero-order valence-corrected chi connectivity index (χ0v) is 71.5. The number of nitrogens with zero attached hydrogens (tertiary/aromatic N) is 5. The number of benzene rings is 3. The highest BCUT2D eigenvalue weighted by Crippen LogP contribution is 2.72. The highest BCUT2D eigenvalue weighted by Gasteiger charge is 2.69. The Labute approximate surface area is 757 Å². The van der Waals surface area contributed by atoms with Gasteiger partial charge in [0.1, 0.15) is 5.78 Å². The van der Waals surface area contributed by atoms with Crippen LogP contribution in [0.3, 0.4) is 0 Å². The number of fused-ring (bicyclic) bond motifs is 6. The smallest absolute Gasteiger partial charge is 0.136 e. The molecule has 15 aliphatic rings. The fraction of sp³-hybridized carbons (Fsp3) is 0.495. The fourth-order valence-electron chi connectivity index (χ4n) is 26.9. The molecule has 3 aromatic heterocycles. The average molecular weight is 1580 g/mol. The topological polar surface area (TPSA) is 89.9 Å². The van der Waals surface area contributed by atoms with Gasteiger partial charge in [-0.25, -0.2) is 0 Å². The second kappa shape index (κ2) is 34.8. The number of allylic oxidation sites excluding steroid dienone is 9. The number of ketones is 1. The van der Waals surface area contributed by atoms with Crippen molar-refractivity contribution in [2.45, 2.75) is 224 Å². The zero-order valence-electron chi connectivity index (χ0n) is 71.5. The second-order valence-corrected chi connectivity index (χ2v) is 39.7. The maximum Gasteiger partial charge on any atom is 0.136 e. The van der Waals surface area contributed by atoms with E-state index in [4.69, 9.17) is 107 Å². The van der Waals surface area contributed by atoms with Crippen molar-refractivity contribution in [1.29, 1.82) is 0 Å². The summed E-state index contributed by atoms with van der Waals surface area (Å²) in [5, 5.41) is 7.41. The van der Waals surface area contributed by atoms with Crippen LogP contribution in [0.15, 0.2) is 198 Å². The summed E-state index contributed by atoms with van der Waals surface area (Å²) >= 11 is 0. The zero-order chi connectivity index (χ0) is 84.2. The Kier molecular flexibility index (Phi) is 26.1. The summed E-state index contributed by atoms with van der Waals surface area (Å²) in [6.07, 6.45) is 48.8. The molecule has 3 unspecified atom stereocenters. The van der Waals surface area contributed by atoms with Gasteiger partial charge in [-0.05, 0) is 270 Å². The largest absolute Gasteiger partial charge is 0.359 e. The minimum Gasteiger partial charge on any atom is -0.359 e. The highest BCUT2D eigenvalue weighted by molar-refractivity contribution is 8.22. The molecule has 0 N–H and O–H groups in total. The molecule has 14 atom stereocenters.